The lowest BCUT2D eigenvalue weighted by atomic mass is 10.1. The summed E-state index contributed by atoms with van der Waals surface area (Å²) in [4.78, 5) is 12.4. The van der Waals surface area contributed by atoms with Gasteiger partial charge in [-0.1, -0.05) is 18.2 Å². The lowest BCUT2D eigenvalue weighted by Crippen LogP contribution is -2.31. The van der Waals surface area contributed by atoms with Gasteiger partial charge in [-0.25, -0.2) is 4.79 Å². The summed E-state index contributed by atoms with van der Waals surface area (Å²) >= 11 is 0. The highest BCUT2D eigenvalue weighted by molar-refractivity contribution is 5.90. The van der Waals surface area contributed by atoms with Crippen molar-refractivity contribution in [2.45, 2.75) is 6.61 Å². The molecule has 2 rings (SSSR count). The van der Waals surface area contributed by atoms with Crippen molar-refractivity contribution < 1.29 is 9.53 Å². The van der Waals surface area contributed by atoms with Crippen molar-refractivity contribution in [1.29, 1.82) is 5.26 Å². The van der Waals surface area contributed by atoms with Crippen LogP contribution in [0.4, 0.5) is 10.5 Å². The molecule has 2 aromatic carbocycles. The molecule has 0 aromatic heterocycles. The third kappa shape index (κ3) is 3.51. The second-order valence-corrected chi connectivity index (χ2v) is 4.45. The monoisotopic (exact) mass is 281 g/mol. The number of carbonyl (C=O) groups excluding carboxylic acids is 1. The Balaban J connectivity index is 2.04. The lowest BCUT2D eigenvalue weighted by molar-refractivity contribution is 0.255. The molecule has 2 aromatic rings. The minimum Gasteiger partial charge on any atom is -0.489 e. The first-order valence-corrected chi connectivity index (χ1v) is 6.36. The van der Waals surface area contributed by atoms with Crippen LogP contribution < -0.4 is 15.4 Å². The average Bonchev–Trinajstić information content (AvgIpc) is 2.52. The first-order chi connectivity index (χ1) is 10.1. The fourth-order valence-corrected chi connectivity index (χ4v) is 1.81. The number of urea groups is 1. The van der Waals surface area contributed by atoms with Crippen molar-refractivity contribution in [1.82, 2.24) is 0 Å². The van der Waals surface area contributed by atoms with Gasteiger partial charge >= 0.3 is 6.03 Å². The average molecular weight is 281 g/mol. The molecule has 0 aliphatic carbocycles. The molecule has 0 saturated heterocycles. The molecule has 21 heavy (non-hydrogen) atoms. The van der Waals surface area contributed by atoms with Crippen LogP contribution in [0.25, 0.3) is 0 Å². The third-order valence-electron chi connectivity index (χ3n) is 3.09. The van der Waals surface area contributed by atoms with Crippen molar-refractivity contribution in [3.05, 3.63) is 59.7 Å². The fraction of sp³-hybridized carbons (Fsp3) is 0.125. The van der Waals surface area contributed by atoms with Crippen LogP contribution in [0.1, 0.15) is 11.1 Å². The second kappa shape index (κ2) is 6.44. The van der Waals surface area contributed by atoms with Crippen molar-refractivity contribution in [2.24, 2.45) is 5.73 Å². The number of hydrogen-bond donors (Lipinski definition) is 1. The number of hydrogen-bond acceptors (Lipinski definition) is 3. The first kappa shape index (κ1) is 14.4. The minimum atomic E-state index is -0.522. The van der Waals surface area contributed by atoms with E-state index in [1.165, 1.54) is 4.90 Å². The summed E-state index contributed by atoms with van der Waals surface area (Å²) in [5.74, 6) is 0.657. The number of ether oxygens (including phenoxy) is 1. The van der Waals surface area contributed by atoms with Gasteiger partial charge in [-0.3, -0.25) is 4.90 Å². The molecule has 2 amide bonds. The second-order valence-electron chi connectivity index (χ2n) is 4.45. The van der Waals surface area contributed by atoms with Crippen LogP contribution >= 0.6 is 0 Å². The van der Waals surface area contributed by atoms with E-state index in [4.69, 9.17) is 15.7 Å². The molecule has 0 unspecified atom stereocenters. The van der Waals surface area contributed by atoms with Crippen LogP contribution in [0, 0.1) is 11.3 Å². The van der Waals surface area contributed by atoms with E-state index in [2.05, 4.69) is 6.07 Å². The van der Waals surface area contributed by atoms with Crippen molar-refractivity contribution >= 4 is 11.7 Å². The molecule has 0 atom stereocenters. The van der Waals surface area contributed by atoms with Crippen LogP contribution in [-0.4, -0.2) is 13.1 Å². The van der Waals surface area contributed by atoms with Crippen LogP contribution in [0.3, 0.4) is 0 Å². The smallest absolute Gasteiger partial charge is 0.318 e. The zero-order valence-corrected chi connectivity index (χ0v) is 11.6. The zero-order valence-electron chi connectivity index (χ0n) is 11.6. The Morgan fingerprint density at radius 3 is 2.52 bits per heavy atom. The van der Waals surface area contributed by atoms with Gasteiger partial charge in [-0.05, 0) is 30.3 Å². The maximum Gasteiger partial charge on any atom is 0.318 e. The maximum absolute atomic E-state index is 11.1. The minimum absolute atomic E-state index is 0.314. The topological polar surface area (TPSA) is 79.3 Å². The maximum atomic E-state index is 11.1. The summed E-state index contributed by atoms with van der Waals surface area (Å²) in [7, 11) is 1.60. The molecule has 0 heterocycles. The highest BCUT2D eigenvalue weighted by atomic mass is 16.5. The summed E-state index contributed by atoms with van der Waals surface area (Å²) < 4.78 is 5.64. The van der Waals surface area contributed by atoms with Crippen LogP contribution in [-0.2, 0) is 6.61 Å². The molecular weight excluding hydrogens is 266 g/mol. The van der Waals surface area contributed by atoms with Crippen LogP contribution in [0.5, 0.6) is 5.75 Å². The van der Waals surface area contributed by atoms with E-state index in [0.29, 0.717) is 23.6 Å². The SMILES string of the molecule is CN(C(N)=O)c1ccc(OCc2ccccc2C#N)cc1. The predicted molar refractivity (Wildman–Crippen MR) is 79.9 cm³/mol. The number of nitrogens with zero attached hydrogens (tertiary/aromatic N) is 2. The van der Waals surface area contributed by atoms with E-state index in [1.54, 1.807) is 37.4 Å². The Hall–Kier alpha value is -3.00. The van der Waals surface area contributed by atoms with E-state index in [-0.39, 0.29) is 0 Å². The molecule has 5 heteroatoms. The standard InChI is InChI=1S/C16H15N3O2/c1-19(16(18)20)14-6-8-15(9-7-14)21-11-13-5-3-2-4-12(13)10-17/h2-9H,11H2,1H3,(H2,18,20). The Morgan fingerprint density at radius 2 is 1.90 bits per heavy atom. The Kier molecular flexibility index (Phi) is 4.42. The quantitative estimate of drug-likeness (QED) is 0.935. The van der Waals surface area contributed by atoms with Crippen molar-refractivity contribution in [3.8, 4) is 11.8 Å². The Morgan fingerprint density at radius 1 is 1.24 bits per heavy atom. The molecule has 0 saturated carbocycles. The molecule has 5 nitrogen and oxygen atoms in total. The number of carbonyl (C=O) groups is 1. The van der Waals surface area contributed by atoms with Gasteiger partial charge in [0.05, 0.1) is 11.6 Å². The number of anilines is 1. The largest absolute Gasteiger partial charge is 0.489 e. The highest BCUT2D eigenvalue weighted by Gasteiger charge is 2.06. The zero-order chi connectivity index (χ0) is 15.2. The molecule has 0 aliphatic rings. The number of primary amides is 1. The van der Waals surface area contributed by atoms with Gasteiger partial charge in [0.25, 0.3) is 0 Å². The van der Waals surface area contributed by atoms with E-state index in [9.17, 15) is 4.79 Å². The molecule has 2 N–H and O–H groups in total. The highest BCUT2D eigenvalue weighted by Crippen LogP contribution is 2.20. The van der Waals surface area contributed by atoms with Gasteiger partial charge in [0.2, 0.25) is 0 Å². The summed E-state index contributed by atoms with van der Waals surface area (Å²) in [6, 6.07) is 15.9. The van der Waals surface area contributed by atoms with Crippen molar-refractivity contribution in [3.63, 3.8) is 0 Å². The fourth-order valence-electron chi connectivity index (χ4n) is 1.81. The number of nitriles is 1. The summed E-state index contributed by atoms with van der Waals surface area (Å²) in [5, 5.41) is 9.01. The molecule has 106 valence electrons. The normalized spacial score (nSPS) is 9.71. The van der Waals surface area contributed by atoms with E-state index in [0.717, 1.165) is 5.56 Å². The van der Waals surface area contributed by atoms with E-state index < -0.39 is 6.03 Å². The number of amides is 2. The van der Waals surface area contributed by atoms with E-state index in [1.807, 2.05) is 18.2 Å². The van der Waals surface area contributed by atoms with Crippen molar-refractivity contribution in [2.75, 3.05) is 11.9 Å². The van der Waals surface area contributed by atoms with Gasteiger partial charge in [0.15, 0.2) is 0 Å². The van der Waals surface area contributed by atoms with E-state index >= 15 is 0 Å². The molecule has 0 fully saturated rings. The van der Waals surface area contributed by atoms with Crippen LogP contribution in [0.2, 0.25) is 0 Å². The molecule has 0 bridgehead atoms. The Labute approximate surface area is 123 Å². The number of benzene rings is 2. The molecule has 0 radical (unpaired) electrons. The third-order valence-corrected chi connectivity index (χ3v) is 3.09. The van der Waals surface area contributed by atoms with Gasteiger partial charge < -0.3 is 10.5 Å². The Bertz CT molecular complexity index is 675. The summed E-state index contributed by atoms with van der Waals surface area (Å²) in [6.45, 7) is 0.314. The van der Waals surface area contributed by atoms with Gasteiger partial charge in [-0.2, -0.15) is 5.26 Å². The number of nitrogens with two attached hydrogens (primary N) is 1. The lowest BCUT2D eigenvalue weighted by Gasteiger charge is -2.14. The molecule has 0 spiro atoms. The number of rotatable bonds is 4. The summed E-state index contributed by atoms with van der Waals surface area (Å²) in [6.07, 6.45) is 0. The van der Waals surface area contributed by atoms with Gasteiger partial charge in [0, 0.05) is 18.3 Å². The predicted octanol–water partition coefficient (Wildman–Crippen LogP) is 2.65. The van der Waals surface area contributed by atoms with Crippen LogP contribution in [0.15, 0.2) is 48.5 Å². The summed E-state index contributed by atoms with van der Waals surface area (Å²) in [5.41, 5.74) is 7.32. The van der Waals surface area contributed by atoms with Gasteiger partial charge in [-0.15, -0.1) is 0 Å². The molecule has 0 aliphatic heterocycles. The molecular formula is C16H15N3O2. The van der Waals surface area contributed by atoms with Gasteiger partial charge in [0.1, 0.15) is 12.4 Å². The first-order valence-electron chi connectivity index (χ1n) is 6.36.